The van der Waals surface area contributed by atoms with Crippen LogP contribution in [0.25, 0.3) is 0 Å². The van der Waals surface area contributed by atoms with Gasteiger partial charge in [0.1, 0.15) is 12.4 Å². The number of aromatic nitrogens is 1. The van der Waals surface area contributed by atoms with E-state index in [1.807, 2.05) is 42.5 Å². The molecule has 2 aromatic rings. The summed E-state index contributed by atoms with van der Waals surface area (Å²) >= 11 is 0. The van der Waals surface area contributed by atoms with Crippen LogP contribution in [0.3, 0.4) is 0 Å². The fraction of sp³-hybridized carbons (Fsp3) is 0.312. The van der Waals surface area contributed by atoms with Gasteiger partial charge in [-0.05, 0) is 37.7 Å². The van der Waals surface area contributed by atoms with Crippen molar-refractivity contribution in [2.45, 2.75) is 27.0 Å². The van der Waals surface area contributed by atoms with Gasteiger partial charge in [0.25, 0.3) is 0 Å². The molecule has 0 radical (unpaired) electrons. The van der Waals surface area contributed by atoms with E-state index in [1.165, 1.54) is 5.56 Å². The first kappa shape index (κ1) is 13.6. The number of hydrogen-bond donors (Lipinski definition) is 1. The molecular weight excluding hydrogens is 236 g/mol. The van der Waals surface area contributed by atoms with Gasteiger partial charge in [-0.3, -0.25) is 4.98 Å². The Labute approximate surface area is 114 Å². The highest BCUT2D eigenvalue weighted by Gasteiger charge is 1.99. The van der Waals surface area contributed by atoms with Gasteiger partial charge in [0, 0.05) is 6.54 Å². The number of pyridine rings is 1. The standard InChI is InChI=1S/C16H20N2O/c1-3-17-11-14-5-4-6-15(18-14)12-19-16-9-7-13(2)8-10-16/h4-10,17H,3,11-12H2,1-2H3. The Morgan fingerprint density at radius 1 is 1.05 bits per heavy atom. The molecule has 0 saturated heterocycles. The Bertz CT molecular complexity index is 508. The van der Waals surface area contributed by atoms with Gasteiger partial charge in [-0.25, -0.2) is 0 Å². The lowest BCUT2D eigenvalue weighted by Gasteiger charge is -2.07. The van der Waals surface area contributed by atoms with E-state index in [-0.39, 0.29) is 0 Å². The van der Waals surface area contributed by atoms with Crippen LogP contribution >= 0.6 is 0 Å². The Hall–Kier alpha value is -1.87. The highest BCUT2D eigenvalue weighted by molar-refractivity contribution is 5.26. The van der Waals surface area contributed by atoms with Crippen molar-refractivity contribution in [2.24, 2.45) is 0 Å². The first-order chi connectivity index (χ1) is 9.28. The Balaban J connectivity index is 1.93. The quantitative estimate of drug-likeness (QED) is 0.862. The molecule has 2 rings (SSSR count). The maximum Gasteiger partial charge on any atom is 0.130 e. The summed E-state index contributed by atoms with van der Waals surface area (Å²) in [4.78, 5) is 4.56. The Morgan fingerprint density at radius 3 is 2.53 bits per heavy atom. The predicted octanol–water partition coefficient (Wildman–Crippen LogP) is 3.08. The number of aryl methyl sites for hydroxylation is 1. The normalized spacial score (nSPS) is 10.4. The van der Waals surface area contributed by atoms with Crippen LogP contribution in [0, 0.1) is 6.92 Å². The van der Waals surface area contributed by atoms with Crippen LogP contribution in [0.4, 0.5) is 0 Å². The number of rotatable bonds is 6. The van der Waals surface area contributed by atoms with Crippen LogP contribution in [0.1, 0.15) is 23.9 Å². The molecule has 0 saturated carbocycles. The van der Waals surface area contributed by atoms with Crippen LogP contribution in [0.5, 0.6) is 5.75 Å². The molecule has 0 amide bonds. The minimum Gasteiger partial charge on any atom is -0.487 e. The molecule has 3 heteroatoms. The lowest BCUT2D eigenvalue weighted by molar-refractivity contribution is 0.301. The molecule has 1 N–H and O–H groups in total. The largest absolute Gasteiger partial charge is 0.487 e. The van der Waals surface area contributed by atoms with E-state index < -0.39 is 0 Å². The van der Waals surface area contributed by atoms with Crippen molar-refractivity contribution in [2.75, 3.05) is 6.54 Å². The van der Waals surface area contributed by atoms with Gasteiger partial charge in [0.15, 0.2) is 0 Å². The molecule has 0 bridgehead atoms. The molecule has 1 aromatic carbocycles. The van der Waals surface area contributed by atoms with Crippen LogP contribution in [0.15, 0.2) is 42.5 Å². The van der Waals surface area contributed by atoms with Crippen molar-refractivity contribution >= 4 is 0 Å². The first-order valence-corrected chi connectivity index (χ1v) is 6.63. The second-order valence-corrected chi connectivity index (χ2v) is 4.50. The zero-order chi connectivity index (χ0) is 13.5. The summed E-state index contributed by atoms with van der Waals surface area (Å²) in [6, 6.07) is 14.1. The molecule has 0 atom stereocenters. The molecular formula is C16H20N2O. The number of hydrogen-bond acceptors (Lipinski definition) is 3. The van der Waals surface area contributed by atoms with Gasteiger partial charge in [-0.1, -0.05) is 30.7 Å². The lowest BCUT2D eigenvalue weighted by atomic mass is 10.2. The smallest absolute Gasteiger partial charge is 0.130 e. The SMILES string of the molecule is CCNCc1cccc(COc2ccc(C)cc2)n1. The molecule has 0 spiro atoms. The monoisotopic (exact) mass is 256 g/mol. The fourth-order valence-electron chi connectivity index (χ4n) is 1.75. The third kappa shape index (κ3) is 4.38. The summed E-state index contributed by atoms with van der Waals surface area (Å²) in [6.45, 7) is 6.41. The van der Waals surface area contributed by atoms with Crippen molar-refractivity contribution in [1.82, 2.24) is 10.3 Å². The van der Waals surface area contributed by atoms with E-state index in [0.29, 0.717) is 6.61 Å². The van der Waals surface area contributed by atoms with Crippen LogP contribution in [-0.4, -0.2) is 11.5 Å². The highest BCUT2D eigenvalue weighted by atomic mass is 16.5. The maximum atomic E-state index is 5.72. The molecule has 100 valence electrons. The van der Waals surface area contributed by atoms with Crippen LogP contribution in [0.2, 0.25) is 0 Å². The third-order valence-corrected chi connectivity index (χ3v) is 2.83. The number of nitrogens with zero attached hydrogens (tertiary/aromatic N) is 1. The maximum absolute atomic E-state index is 5.72. The van der Waals surface area contributed by atoms with Crippen LogP contribution in [-0.2, 0) is 13.2 Å². The van der Waals surface area contributed by atoms with Gasteiger partial charge >= 0.3 is 0 Å². The van der Waals surface area contributed by atoms with E-state index in [0.717, 1.165) is 30.2 Å². The van der Waals surface area contributed by atoms with Crippen molar-refractivity contribution < 1.29 is 4.74 Å². The summed E-state index contributed by atoms with van der Waals surface area (Å²) in [5, 5.41) is 3.27. The van der Waals surface area contributed by atoms with E-state index in [9.17, 15) is 0 Å². The van der Waals surface area contributed by atoms with E-state index in [1.54, 1.807) is 0 Å². The van der Waals surface area contributed by atoms with E-state index in [2.05, 4.69) is 24.1 Å². The summed E-state index contributed by atoms with van der Waals surface area (Å²) in [5.74, 6) is 0.879. The van der Waals surface area contributed by atoms with E-state index >= 15 is 0 Å². The summed E-state index contributed by atoms with van der Waals surface area (Å²) in [6.07, 6.45) is 0. The van der Waals surface area contributed by atoms with Crippen molar-refractivity contribution in [3.05, 3.63) is 59.4 Å². The minimum absolute atomic E-state index is 0.503. The molecule has 3 nitrogen and oxygen atoms in total. The molecule has 0 aliphatic rings. The average molecular weight is 256 g/mol. The van der Waals surface area contributed by atoms with E-state index in [4.69, 9.17) is 4.74 Å². The number of benzene rings is 1. The first-order valence-electron chi connectivity index (χ1n) is 6.63. The third-order valence-electron chi connectivity index (χ3n) is 2.83. The van der Waals surface area contributed by atoms with Gasteiger partial charge in [-0.15, -0.1) is 0 Å². The molecule has 0 aliphatic heterocycles. The molecule has 0 fully saturated rings. The van der Waals surface area contributed by atoms with Crippen molar-refractivity contribution in [1.29, 1.82) is 0 Å². The predicted molar refractivity (Wildman–Crippen MR) is 77.1 cm³/mol. The zero-order valence-electron chi connectivity index (χ0n) is 11.5. The van der Waals surface area contributed by atoms with Gasteiger partial charge in [0.05, 0.1) is 11.4 Å². The lowest BCUT2D eigenvalue weighted by Crippen LogP contribution is -2.13. The fourth-order valence-corrected chi connectivity index (χ4v) is 1.75. The second kappa shape index (κ2) is 6.90. The molecule has 0 unspecified atom stereocenters. The number of ether oxygens (including phenoxy) is 1. The summed E-state index contributed by atoms with van der Waals surface area (Å²) in [7, 11) is 0. The topological polar surface area (TPSA) is 34.1 Å². The summed E-state index contributed by atoms with van der Waals surface area (Å²) in [5.41, 5.74) is 3.24. The zero-order valence-corrected chi connectivity index (χ0v) is 11.5. The van der Waals surface area contributed by atoms with Crippen molar-refractivity contribution in [3.63, 3.8) is 0 Å². The number of nitrogens with one attached hydrogen (secondary N) is 1. The average Bonchev–Trinajstić information content (AvgIpc) is 2.45. The van der Waals surface area contributed by atoms with Crippen LogP contribution < -0.4 is 10.1 Å². The molecule has 1 heterocycles. The van der Waals surface area contributed by atoms with Crippen molar-refractivity contribution in [3.8, 4) is 5.75 Å². The molecule has 0 aliphatic carbocycles. The Kier molecular flexibility index (Phi) is 4.93. The van der Waals surface area contributed by atoms with Gasteiger partial charge < -0.3 is 10.1 Å². The van der Waals surface area contributed by atoms with Gasteiger partial charge in [0.2, 0.25) is 0 Å². The second-order valence-electron chi connectivity index (χ2n) is 4.50. The molecule has 19 heavy (non-hydrogen) atoms. The highest BCUT2D eigenvalue weighted by Crippen LogP contribution is 2.13. The Morgan fingerprint density at radius 2 is 1.79 bits per heavy atom. The molecule has 1 aromatic heterocycles. The van der Waals surface area contributed by atoms with Gasteiger partial charge in [-0.2, -0.15) is 0 Å². The minimum atomic E-state index is 0.503. The summed E-state index contributed by atoms with van der Waals surface area (Å²) < 4.78 is 5.72.